The largest absolute Gasteiger partial charge is 0.475 e. The van der Waals surface area contributed by atoms with E-state index in [1.807, 2.05) is 36.9 Å². The van der Waals surface area contributed by atoms with Gasteiger partial charge < -0.3 is 14.4 Å². The van der Waals surface area contributed by atoms with Gasteiger partial charge in [0.05, 0.1) is 23.2 Å². The number of aromatic nitrogens is 2. The molecular formula is C34H45N5O5S. The smallest absolute Gasteiger partial charge is 0.264 e. The molecule has 5 rings (SSSR count). The van der Waals surface area contributed by atoms with Crippen LogP contribution in [0.2, 0.25) is 0 Å². The summed E-state index contributed by atoms with van der Waals surface area (Å²) in [6.07, 6.45) is 1.45. The monoisotopic (exact) mass is 635 g/mol. The maximum absolute atomic E-state index is 14.5. The van der Waals surface area contributed by atoms with E-state index in [4.69, 9.17) is 9.47 Å². The van der Waals surface area contributed by atoms with E-state index in [0.29, 0.717) is 30.8 Å². The SMILES string of the molecule is COCCN1C[C@H](N2C(=O)c3cccc(c3)S(=O)(=O)Nc3nc(cc(-c4c(C)cccc4C)n3)OC[C@H]2CC(C)C)CC1(C)C. The predicted molar refractivity (Wildman–Crippen MR) is 175 cm³/mol. The molecule has 45 heavy (non-hydrogen) atoms. The summed E-state index contributed by atoms with van der Waals surface area (Å²) in [5, 5.41) is 0. The van der Waals surface area contributed by atoms with Gasteiger partial charge in [0, 0.05) is 49.0 Å². The quantitative estimate of drug-likeness (QED) is 0.372. The van der Waals surface area contributed by atoms with Crippen molar-refractivity contribution in [2.24, 2.45) is 5.92 Å². The van der Waals surface area contributed by atoms with Gasteiger partial charge in [0.2, 0.25) is 11.8 Å². The molecule has 2 aliphatic heterocycles. The summed E-state index contributed by atoms with van der Waals surface area (Å²) in [6.45, 7) is 14.8. The van der Waals surface area contributed by atoms with Crippen LogP contribution in [0.4, 0.5) is 5.95 Å². The van der Waals surface area contributed by atoms with Crippen molar-refractivity contribution >= 4 is 21.9 Å². The number of nitrogens with one attached hydrogen (secondary N) is 1. The van der Waals surface area contributed by atoms with Crippen molar-refractivity contribution in [3.8, 4) is 17.1 Å². The molecule has 0 spiro atoms. The Morgan fingerprint density at radius 1 is 1.09 bits per heavy atom. The van der Waals surface area contributed by atoms with E-state index >= 15 is 0 Å². The van der Waals surface area contributed by atoms with Crippen LogP contribution in [0.15, 0.2) is 53.4 Å². The standard InChI is InChI=1S/C34H45N5O5S/c1-22(2)16-26-21-44-30-18-29(31-23(3)10-8-11-24(31)4)35-33(36-30)37-45(41,42)28-13-9-12-25(17-28)32(40)39(26)27-19-34(5,6)38(20-27)14-15-43-7/h8-13,17-18,22,26-27H,14-16,19-21H2,1-7H3,(H,35,36,37)/t26-,27-/m1/s1. The fourth-order valence-electron chi connectivity index (χ4n) is 6.69. The Kier molecular flexibility index (Phi) is 9.53. The van der Waals surface area contributed by atoms with Gasteiger partial charge in [-0.05, 0) is 75.8 Å². The van der Waals surface area contributed by atoms with E-state index in [2.05, 4.69) is 47.3 Å². The molecule has 1 saturated heterocycles. The lowest BCUT2D eigenvalue weighted by molar-refractivity contribution is 0.0444. The van der Waals surface area contributed by atoms with Gasteiger partial charge in [0.25, 0.3) is 15.9 Å². The molecule has 10 nitrogen and oxygen atoms in total. The Morgan fingerprint density at radius 2 is 1.80 bits per heavy atom. The minimum atomic E-state index is -4.13. The van der Waals surface area contributed by atoms with E-state index in [1.54, 1.807) is 25.3 Å². The zero-order valence-corrected chi connectivity index (χ0v) is 28.1. The van der Waals surface area contributed by atoms with Crippen molar-refractivity contribution in [2.75, 3.05) is 38.1 Å². The van der Waals surface area contributed by atoms with Crippen molar-refractivity contribution in [1.29, 1.82) is 0 Å². The number of sulfonamides is 1. The topological polar surface area (TPSA) is 114 Å². The number of likely N-dealkylation sites (tertiary alicyclic amines) is 1. The molecule has 0 unspecified atom stereocenters. The molecule has 1 N–H and O–H groups in total. The number of amides is 1. The minimum Gasteiger partial charge on any atom is -0.475 e. The van der Waals surface area contributed by atoms with Crippen LogP contribution in [0.3, 0.4) is 0 Å². The summed E-state index contributed by atoms with van der Waals surface area (Å²) in [7, 11) is -2.44. The van der Waals surface area contributed by atoms with Gasteiger partial charge in [0.1, 0.15) is 6.61 Å². The number of fused-ring (bicyclic) bond motifs is 4. The lowest BCUT2D eigenvalue weighted by Crippen LogP contribution is -2.51. The van der Waals surface area contributed by atoms with Crippen LogP contribution in [-0.4, -0.2) is 85.1 Å². The van der Waals surface area contributed by atoms with Crippen molar-refractivity contribution in [3.05, 3.63) is 65.2 Å². The van der Waals surface area contributed by atoms with Crippen LogP contribution in [0, 0.1) is 19.8 Å². The van der Waals surface area contributed by atoms with Gasteiger partial charge >= 0.3 is 0 Å². The Labute approximate surface area is 267 Å². The number of anilines is 1. The molecule has 1 fully saturated rings. The van der Waals surface area contributed by atoms with Gasteiger partial charge in [-0.25, -0.2) is 18.1 Å². The highest BCUT2D eigenvalue weighted by Crippen LogP contribution is 2.35. The minimum absolute atomic E-state index is 0.0371. The average molecular weight is 636 g/mol. The van der Waals surface area contributed by atoms with E-state index < -0.39 is 10.0 Å². The van der Waals surface area contributed by atoms with E-state index in [9.17, 15) is 13.2 Å². The molecule has 2 aliphatic rings. The van der Waals surface area contributed by atoms with Gasteiger partial charge in [-0.15, -0.1) is 0 Å². The number of carbonyl (C=O) groups excluding carboxylic acids is 1. The highest BCUT2D eigenvalue weighted by atomic mass is 32.2. The molecule has 4 bridgehead atoms. The van der Waals surface area contributed by atoms with E-state index in [0.717, 1.165) is 29.7 Å². The summed E-state index contributed by atoms with van der Waals surface area (Å²) in [5.74, 6) is 0.192. The molecule has 242 valence electrons. The zero-order chi connectivity index (χ0) is 32.5. The second-order valence-corrected chi connectivity index (χ2v) is 14.9. The summed E-state index contributed by atoms with van der Waals surface area (Å²) in [5.41, 5.74) is 3.58. The van der Waals surface area contributed by atoms with Gasteiger partial charge in [-0.3, -0.25) is 9.69 Å². The number of hydrogen-bond donors (Lipinski definition) is 1. The first-order valence-electron chi connectivity index (χ1n) is 15.6. The van der Waals surface area contributed by atoms with E-state index in [-0.39, 0.29) is 52.8 Å². The molecule has 2 aromatic carbocycles. The summed E-state index contributed by atoms with van der Waals surface area (Å²) in [4.78, 5) is 27.9. The molecule has 3 aromatic rings. The maximum atomic E-state index is 14.5. The number of hydrogen-bond acceptors (Lipinski definition) is 8. The Hall–Kier alpha value is -3.54. The van der Waals surface area contributed by atoms with Gasteiger partial charge in [-0.2, -0.15) is 4.98 Å². The fraction of sp³-hybridized carbons (Fsp3) is 0.500. The molecule has 2 atom stereocenters. The molecule has 0 saturated carbocycles. The molecule has 1 amide bonds. The second kappa shape index (κ2) is 13.1. The second-order valence-electron chi connectivity index (χ2n) is 13.2. The predicted octanol–water partition coefficient (Wildman–Crippen LogP) is 5.31. The van der Waals surface area contributed by atoms with Gasteiger partial charge in [0.15, 0.2) is 0 Å². The molecule has 11 heteroatoms. The highest BCUT2D eigenvalue weighted by molar-refractivity contribution is 7.92. The van der Waals surface area contributed by atoms with Crippen LogP contribution >= 0.6 is 0 Å². The van der Waals surface area contributed by atoms with Crippen molar-refractivity contribution in [1.82, 2.24) is 19.8 Å². The van der Waals surface area contributed by atoms with Crippen LogP contribution in [-0.2, 0) is 14.8 Å². The average Bonchev–Trinajstić information content (AvgIpc) is 3.26. The number of carbonyl (C=O) groups is 1. The first kappa shape index (κ1) is 32.8. The number of methoxy groups -OCH3 is 1. The number of benzene rings is 2. The van der Waals surface area contributed by atoms with Crippen molar-refractivity contribution in [2.45, 2.75) is 76.9 Å². The fourth-order valence-corrected chi connectivity index (χ4v) is 7.68. The Bertz CT molecular complexity index is 1640. The lowest BCUT2D eigenvalue weighted by Gasteiger charge is -2.37. The third-order valence-corrected chi connectivity index (χ3v) is 10.2. The number of nitrogens with zero attached hydrogens (tertiary/aromatic N) is 4. The molecule has 3 heterocycles. The zero-order valence-electron chi connectivity index (χ0n) is 27.3. The van der Waals surface area contributed by atoms with Crippen LogP contribution < -0.4 is 9.46 Å². The third kappa shape index (κ3) is 7.15. The molecular weight excluding hydrogens is 590 g/mol. The van der Waals surface area contributed by atoms with Crippen LogP contribution in [0.25, 0.3) is 11.3 Å². The van der Waals surface area contributed by atoms with Gasteiger partial charge in [-0.1, -0.05) is 38.1 Å². The summed E-state index contributed by atoms with van der Waals surface area (Å²) in [6, 6.07) is 13.5. The van der Waals surface area contributed by atoms with Crippen molar-refractivity contribution < 1.29 is 22.7 Å². The summed E-state index contributed by atoms with van der Waals surface area (Å²) >= 11 is 0. The van der Waals surface area contributed by atoms with Crippen LogP contribution in [0.1, 0.15) is 62.0 Å². The summed E-state index contributed by atoms with van der Waals surface area (Å²) < 4.78 is 41.7. The normalized spacial score (nSPS) is 21.4. The molecule has 1 aromatic heterocycles. The molecule has 0 radical (unpaired) electrons. The number of ether oxygens (including phenoxy) is 2. The third-order valence-electron chi connectivity index (χ3n) is 8.83. The Morgan fingerprint density at radius 3 is 2.49 bits per heavy atom. The number of rotatable bonds is 7. The molecule has 0 aliphatic carbocycles. The first-order chi connectivity index (χ1) is 21.3. The first-order valence-corrected chi connectivity index (χ1v) is 17.1. The highest BCUT2D eigenvalue weighted by Gasteiger charge is 2.44. The lowest BCUT2D eigenvalue weighted by atomic mass is 9.95. The van der Waals surface area contributed by atoms with Crippen LogP contribution in [0.5, 0.6) is 5.88 Å². The van der Waals surface area contributed by atoms with Crippen molar-refractivity contribution in [3.63, 3.8) is 0 Å². The maximum Gasteiger partial charge on any atom is 0.264 e. The van der Waals surface area contributed by atoms with E-state index in [1.165, 1.54) is 12.1 Å². The Balaban J connectivity index is 1.65. The number of aryl methyl sites for hydroxylation is 2.